The number of hydrogen-bond acceptors (Lipinski definition) is 5. The van der Waals surface area contributed by atoms with E-state index in [0.717, 1.165) is 13.7 Å². The molecular formula is C24H51NO5S. The maximum atomic E-state index is 9.22. The van der Waals surface area contributed by atoms with Crippen LogP contribution in [0, 0.1) is 0 Å². The molecule has 0 saturated heterocycles. The molecule has 0 spiro atoms. The van der Waals surface area contributed by atoms with E-state index in [4.69, 9.17) is 5.11 Å². The summed E-state index contributed by atoms with van der Waals surface area (Å²) in [5.41, 5.74) is 0. The second-order valence-corrected chi connectivity index (χ2v) is 9.55. The Labute approximate surface area is 193 Å². The summed E-state index contributed by atoms with van der Waals surface area (Å²) < 4.78 is 31.0. The summed E-state index contributed by atoms with van der Waals surface area (Å²) in [7, 11) is -1.43. The predicted molar refractivity (Wildman–Crippen MR) is 129 cm³/mol. The Hall–Kier alpha value is -0.470. The summed E-state index contributed by atoms with van der Waals surface area (Å²) >= 11 is 0. The smallest absolute Gasteiger partial charge is 0.217 e. The number of hydrogen-bond donors (Lipinski definition) is 2. The molecule has 0 bridgehead atoms. The fourth-order valence-corrected chi connectivity index (χ4v) is 3.34. The average molecular weight is 466 g/mol. The van der Waals surface area contributed by atoms with Crippen molar-refractivity contribution in [3.63, 3.8) is 0 Å². The standard InChI is InChI=1S/C23H47NO.CH4O4S/c1-3-4-5-6-7-8-9-10-11-12-13-14-15-16-17-18-19-20-21-24(2)22-23-25;1-5-6(2,3)4/h10-11,25H,3-9,12-23H2,1-2H3;1H3,(H,2,3,4)/b11-10-;. The second kappa shape index (κ2) is 25.8. The molecule has 0 aliphatic heterocycles. The number of unbranched alkanes of at least 4 members (excludes halogenated alkanes) is 14. The Morgan fingerprint density at radius 1 is 0.774 bits per heavy atom. The lowest BCUT2D eigenvalue weighted by atomic mass is 10.1. The molecule has 0 aromatic heterocycles. The summed E-state index contributed by atoms with van der Waals surface area (Å²) in [6.45, 7) is 4.71. The van der Waals surface area contributed by atoms with Crippen LogP contribution in [-0.4, -0.2) is 51.9 Å². The van der Waals surface area contributed by atoms with E-state index >= 15 is 0 Å². The lowest BCUT2D eigenvalue weighted by Gasteiger charge is -2.11. The monoisotopic (exact) mass is 465 g/mol. The molecule has 1 atom stereocenters. The van der Waals surface area contributed by atoms with Crippen LogP contribution in [0.5, 0.6) is 0 Å². The van der Waals surface area contributed by atoms with Crippen molar-refractivity contribution >= 4 is 10.4 Å². The van der Waals surface area contributed by atoms with Crippen molar-refractivity contribution in [1.82, 2.24) is 0 Å². The van der Waals surface area contributed by atoms with Crippen molar-refractivity contribution in [2.45, 2.75) is 110 Å². The highest BCUT2D eigenvalue weighted by Gasteiger charge is 1.99. The highest BCUT2D eigenvalue weighted by atomic mass is 32.3. The van der Waals surface area contributed by atoms with Crippen LogP contribution in [0.15, 0.2) is 12.2 Å². The first kappa shape index (κ1) is 32.7. The normalized spacial score (nSPS) is 12.7. The van der Waals surface area contributed by atoms with Crippen LogP contribution < -0.4 is 4.90 Å². The topological polar surface area (TPSA) is 91.1 Å². The van der Waals surface area contributed by atoms with Gasteiger partial charge in [-0.15, -0.1) is 0 Å². The Bertz CT molecular complexity index is 469. The largest absolute Gasteiger partial charge is 0.726 e. The Morgan fingerprint density at radius 3 is 1.55 bits per heavy atom. The summed E-state index contributed by atoms with van der Waals surface area (Å²) in [5, 5.41) is 8.86. The molecule has 7 heteroatoms. The zero-order valence-electron chi connectivity index (χ0n) is 20.6. The summed E-state index contributed by atoms with van der Waals surface area (Å²) in [5.74, 6) is 0. The molecule has 2 N–H and O–H groups in total. The van der Waals surface area contributed by atoms with Crippen LogP contribution in [0.25, 0.3) is 0 Å². The van der Waals surface area contributed by atoms with Gasteiger partial charge >= 0.3 is 0 Å². The quantitative estimate of drug-likeness (QED) is 0.113. The minimum absolute atomic E-state index is 0.320. The Balaban J connectivity index is 0. The third kappa shape index (κ3) is 34.3. The molecule has 0 amide bonds. The maximum Gasteiger partial charge on any atom is 0.217 e. The molecular weight excluding hydrogens is 414 g/mol. The molecule has 0 saturated carbocycles. The van der Waals surface area contributed by atoms with Crippen molar-refractivity contribution in [2.24, 2.45) is 0 Å². The van der Waals surface area contributed by atoms with Gasteiger partial charge in [0.2, 0.25) is 10.4 Å². The van der Waals surface area contributed by atoms with Crippen LogP contribution in [-0.2, 0) is 14.6 Å². The first-order valence-corrected chi connectivity index (χ1v) is 13.8. The van der Waals surface area contributed by atoms with Crippen LogP contribution in [0.4, 0.5) is 0 Å². The van der Waals surface area contributed by atoms with Crippen molar-refractivity contribution < 1.29 is 27.2 Å². The number of nitrogens with one attached hydrogen (secondary N) is 1. The van der Waals surface area contributed by atoms with E-state index in [1.807, 2.05) is 0 Å². The molecule has 6 nitrogen and oxygen atoms in total. The van der Waals surface area contributed by atoms with E-state index in [-0.39, 0.29) is 0 Å². The molecule has 0 aromatic carbocycles. The molecule has 0 aliphatic carbocycles. The summed E-state index contributed by atoms with van der Waals surface area (Å²) in [6.07, 6.45) is 26.9. The van der Waals surface area contributed by atoms with Gasteiger partial charge in [0, 0.05) is 0 Å². The molecule has 1 unspecified atom stereocenters. The van der Waals surface area contributed by atoms with Crippen molar-refractivity contribution in [3.8, 4) is 0 Å². The maximum absolute atomic E-state index is 9.22. The lowest BCUT2D eigenvalue weighted by Crippen LogP contribution is -3.09. The van der Waals surface area contributed by atoms with E-state index in [0.29, 0.717) is 6.61 Å². The van der Waals surface area contributed by atoms with E-state index in [9.17, 15) is 13.0 Å². The highest BCUT2D eigenvalue weighted by Crippen LogP contribution is 2.10. The second-order valence-electron chi connectivity index (χ2n) is 8.40. The van der Waals surface area contributed by atoms with Gasteiger partial charge < -0.3 is 14.6 Å². The average Bonchev–Trinajstić information content (AvgIpc) is 2.73. The molecule has 0 aliphatic rings. The number of allylic oxidation sites excluding steroid dienone is 2. The molecule has 0 heterocycles. The minimum atomic E-state index is -4.41. The zero-order valence-corrected chi connectivity index (χ0v) is 21.4. The number of quaternary nitrogens is 1. The zero-order chi connectivity index (χ0) is 23.6. The molecule has 188 valence electrons. The van der Waals surface area contributed by atoms with Crippen molar-refractivity contribution in [2.75, 3.05) is 33.9 Å². The first-order valence-electron chi connectivity index (χ1n) is 12.5. The van der Waals surface area contributed by atoms with Gasteiger partial charge in [0.15, 0.2) is 0 Å². The predicted octanol–water partition coefficient (Wildman–Crippen LogP) is 4.40. The minimum Gasteiger partial charge on any atom is -0.726 e. The molecule has 31 heavy (non-hydrogen) atoms. The van der Waals surface area contributed by atoms with Crippen LogP contribution in [0.3, 0.4) is 0 Å². The summed E-state index contributed by atoms with van der Waals surface area (Å²) in [6, 6.07) is 0. The van der Waals surface area contributed by atoms with E-state index in [1.54, 1.807) is 0 Å². The van der Waals surface area contributed by atoms with Gasteiger partial charge in [-0.2, -0.15) is 0 Å². The van der Waals surface area contributed by atoms with Gasteiger partial charge in [0.05, 0.1) is 27.3 Å². The lowest BCUT2D eigenvalue weighted by molar-refractivity contribution is -0.880. The third-order valence-corrected chi connectivity index (χ3v) is 5.77. The van der Waals surface area contributed by atoms with Gasteiger partial charge in [-0.25, -0.2) is 8.42 Å². The van der Waals surface area contributed by atoms with E-state index in [1.165, 1.54) is 114 Å². The molecule has 0 fully saturated rings. The van der Waals surface area contributed by atoms with Gasteiger partial charge in [-0.1, -0.05) is 83.3 Å². The fourth-order valence-electron chi connectivity index (χ4n) is 3.34. The summed E-state index contributed by atoms with van der Waals surface area (Å²) in [4.78, 5) is 1.46. The molecule has 0 radical (unpaired) electrons. The van der Waals surface area contributed by atoms with Gasteiger partial charge in [-0.3, -0.25) is 4.18 Å². The SMILES string of the molecule is CCCCCCCC/C=C\CCCCCCCCCC[NH+](C)CCO.COS(=O)(=O)[O-]. The third-order valence-electron chi connectivity index (χ3n) is 5.36. The Morgan fingerprint density at radius 2 is 1.16 bits per heavy atom. The number of rotatable bonds is 21. The molecule has 0 rings (SSSR count). The van der Waals surface area contributed by atoms with Crippen molar-refractivity contribution in [3.05, 3.63) is 12.2 Å². The van der Waals surface area contributed by atoms with Gasteiger partial charge in [0.1, 0.15) is 6.54 Å². The van der Waals surface area contributed by atoms with Gasteiger partial charge in [-0.05, 0) is 38.5 Å². The highest BCUT2D eigenvalue weighted by molar-refractivity contribution is 7.80. The number of likely N-dealkylation sites (N-methyl/N-ethyl adjacent to an activating group) is 1. The van der Waals surface area contributed by atoms with E-state index in [2.05, 4.69) is 30.3 Å². The Kier molecular flexibility index (Phi) is 27.2. The van der Waals surface area contributed by atoms with Crippen molar-refractivity contribution in [1.29, 1.82) is 0 Å². The molecule has 0 aromatic rings. The fraction of sp³-hybridized carbons (Fsp3) is 0.917. The number of aliphatic hydroxyl groups is 1. The number of aliphatic hydroxyl groups excluding tert-OH is 1. The van der Waals surface area contributed by atoms with Crippen LogP contribution >= 0.6 is 0 Å². The van der Waals surface area contributed by atoms with E-state index < -0.39 is 10.4 Å². The van der Waals surface area contributed by atoms with Crippen LogP contribution in [0.2, 0.25) is 0 Å². The van der Waals surface area contributed by atoms with Crippen LogP contribution in [0.1, 0.15) is 110 Å². The first-order chi connectivity index (χ1) is 14.9. The van der Waals surface area contributed by atoms with Gasteiger partial charge in [0.25, 0.3) is 0 Å².